The summed E-state index contributed by atoms with van der Waals surface area (Å²) in [5.74, 6) is 0.181. The molecule has 0 N–H and O–H groups in total. The lowest BCUT2D eigenvalue weighted by molar-refractivity contribution is 0.0671. The van der Waals surface area contributed by atoms with Gasteiger partial charge in [0.1, 0.15) is 5.75 Å². The van der Waals surface area contributed by atoms with E-state index in [4.69, 9.17) is 4.18 Å². The second kappa shape index (κ2) is 9.04. The third-order valence-corrected chi connectivity index (χ3v) is 5.69. The van der Waals surface area contributed by atoms with Gasteiger partial charge in [0, 0.05) is 18.2 Å². The molecule has 2 aromatic carbocycles. The first-order valence-corrected chi connectivity index (χ1v) is 10.7. The molecule has 2 aromatic rings. The van der Waals surface area contributed by atoms with Crippen LogP contribution in [0.4, 0.5) is 0 Å². The molecule has 146 valence electrons. The van der Waals surface area contributed by atoms with Gasteiger partial charge in [-0.3, -0.25) is 4.79 Å². The maximum Gasteiger partial charge on any atom is 0.308 e. The average Bonchev–Trinajstić information content (AvgIpc) is 2.66. The lowest BCUT2D eigenvalue weighted by Gasteiger charge is -2.29. The second-order valence-electron chi connectivity index (χ2n) is 6.63. The van der Waals surface area contributed by atoms with Gasteiger partial charge in [0.25, 0.3) is 5.91 Å². The van der Waals surface area contributed by atoms with Crippen LogP contribution in [0.5, 0.6) is 5.75 Å². The van der Waals surface area contributed by atoms with E-state index in [1.165, 1.54) is 6.92 Å². The van der Waals surface area contributed by atoms with Crippen LogP contribution in [0.25, 0.3) is 0 Å². The van der Waals surface area contributed by atoms with Gasteiger partial charge in [-0.2, -0.15) is 8.42 Å². The van der Waals surface area contributed by atoms with Gasteiger partial charge >= 0.3 is 10.1 Å². The van der Waals surface area contributed by atoms with Crippen LogP contribution in [-0.4, -0.2) is 31.0 Å². The molecule has 1 atom stereocenters. The topological polar surface area (TPSA) is 63.7 Å². The van der Waals surface area contributed by atoms with E-state index in [-0.39, 0.29) is 23.5 Å². The predicted molar refractivity (Wildman–Crippen MR) is 107 cm³/mol. The molecule has 5 nitrogen and oxygen atoms in total. The molecule has 0 bridgehead atoms. The fourth-order valence-corrected chi connectivity index (χ4v) is 3.08. The maximum atomic E-state index is 13.0. The van der Waals surface area contributed by atoms with E-state index in [2.05, 4.69) is 0 Å². The summed E-state index contributed by atoms with van der Waals surface area (Å²) in [7, 11) is -3.54. The summed E-state index contributed by atoms with van der Waals surface area (Å²) in [6.45, 7) is 8.04. The molecule has 0 heterocycles. The Morgan fingerprint density at radius 1 is 1.04 bits per heavy atom. The highest BCUT2D eigenvalue weighted by atomic mass is 32.2. The van der Waals surface area contributed by atoms with Gasteiger partial charge in [-0.1, -0.05) is 36.8 Å². The van der Waals surface area contributed by atoms with Gasteiger partial charge in [0.15, 0.2) is 0 Å². The van der Waals surface area contributed by atoms with Gasteiger partial charge in [-0.15, -0.1) is 0 Å². The Hall–Kier alpha value is -2.34. The number of hydrogen-bond acceptors (Lipinski definition) is 4. The van der Waals surface area contributed by atoms with E-state index in [0.29, 0.717) is 12.1 Å². The number of rotatable bonds is 8. The van der Waals surface area contributed by atoms with Gasteiger partial charge in [-0.25, -0.2) is 0 Å². The zero-order chi connectivity index (χ0) is 20.0. The number of benzene rings is 2. The van der Waals surface area contributed by atoms with Crippen molar-refractivity contribution in [2.45, 2.75) is 46.7 Å². The minimum absolute atomic E-state index is 0.0155. The van der Waals surface area contributed by atoms with Crippen LogP contribution in [0.15, 0.2) is 48.5 Å². The third kappa shape index (κ3) is 5.82. The zero-order valence-corrected chi connectivity index (χ0v) is 17.1. The number of nitrogens with zero attached hydrogens (tertiary/aromatic N) is 1. The monoisotopic (exact) mass is 389 g/mol. The first-order valence-electron chi connectivity index (χ1n) is 9.14. The van der Waals surface area contributed by atoms with Crippen LogP contribution < -0.4 is 4.18 Å². The van der Waals surface area contributed by atoms with Crippen molar-refractivity contribution < 1.29 is 17.4 Å². The van der Waals surface area contributed by atoms with Crippen molar-refractivity contribution in [3.8, 4) is 5.75 Å². The van der Waals surface area contributed by atoms with Crippen molar-refractivity contribution in [3.05, 3.63) is 65.2 Å². The third-order valence-electron chi connectivity index (χ3n) is 4.54. The smallest absolute Gasteiger partial charge is 0.308 e. The van der Waals surface area contributed by atoms with E-state index in [1.54, 1.807) is 24.3 Å². The van der Waals surface area contributed by atoms with Crippen molar-refractivity contribution in [1.29, 1.82) is 0 Å². The molecular weight excluding hydrogens is 362 g/mol. The van der Waals surface area contributed by atoms with Crippen molar-refractivity contribution in [2.75, 3.05) is 5.75 Å². The SMILES string of the molecule is CC[C@@H](C)N(Cc1ccc(OS(=O)(=O)CC)cc1)C(=O)c1ccc(C)cc1. The number of carbonyl (C=O) groups excluding carboxylic acids is 1. The molecule has 0 unspecified atom stereocenters. The molecule has 0 aliphatic rings. The zero-order valence-electron chi connectivity index (χ0n) is 16.3. The second-order valence-corrected chi connectivity index (χ2v) is 8.49. The largest absolute Gasteiger partial charge is 0.382 e. The molecule has 1 amide bonds. The Morgan fingerprint density at radius 2 is 1.63 bits per heavy atom. The fourth-order valence-electron chi connectivity index (χ4n) is 2.56. The van der Waals surface area contributed by atoms with Crippen LogP contribution in [-0.2, 0) is 16.7 Å². The molecule has 0 spiro atoms. The summed E-state index contributed by atoms with van der Waals surface area (Å²) in [6.07, 6.45) is 0.841. The number of amides is 1. The summed E-state index contributed by atoms with van der Waals surface area (Å²) in [5, 5.41) is 0. The maximum absolute atomic E-state index is 13.0. The van der Waals surface area contributed by atoms with E-state index in [1.807, 2.05) is 49.9 Å². The Balaban J connectivity index is 2.18. The van der Waals surface area contributed by atoms with E-state index < -0.39 is 10.1 Å². The minimum atomic E-state index is -3.54. The van der Waals surface area contributed by atoms with Crippen LogP contribution in [0.2, 0.25) is 0 Å². The molecule has 0 aliphatic carbocycles. The standard InChI is InChI=1S/C21H27NO4S/c1-5-17(4)22(21(23)19-11-7-16(3)8-12-19)15-18-9-13-20(14-10-18)26-27(24,25)6-2/h7-14,17H,5-6,15H2,1-4H3/t17-/m1/s1. The first-order chi connectivity index (χ1) is 12.8. The van der Waals surface area contributed by atoms with Crippen LogP contribution in [0.1, 0.15) is 48.7 Å². The Bertz CT molecular complexity index is 858. The van der Waals surface area contributed by atoms with Gasteiger partial charge < -0.3 is 9.08 Å². The van der Waals surface area contributed by atoms with E-state index in [0.717, 1.165) is 17.5 Å². The molecule has 2 rings (SSSR count). The molecule has 27 heavy (non-hydrogen) atoms. The summed E-state index contributed by atoms with van der Waals surface area (Å²) >= 11 is 0. The van der Waals surface area contributed by atoms with Gasteiger partial charge in [0.05, 0.1) is 5.75 Å². The predicted octanol–water partition coefficient (Wildman–Crippen LogP) is 4.16. The number of carbonyl (C=O) groups is 1. The summed E-state index contributed by atoms with van der Waals surface area (Å²) in [4.78, 5) is 14.8. The van der Waals surface area contributed by atoms with Crippen LogP contribution >= 0.6 is 0 Å². The summed E-state index contributed by atoms with van der Waals surface area (Å²) in [5.41, 5.74) is 2.69. The lowest BCUT2D eigenvalue weighted by atomic mass is 10.1. The Morgan fingerprint density at radius 3 is 2.15 bits per heavy atom. The first kappa shape index (κ1) is 21.0. The van der Waals surface area contributed by atoms with Crippen molar-refractivity contribution in [3.63, 3.8) is 0 Å². The summed E-state index contributed by atoms with van der Waals surface area (Å²) in [6, 6.07) is 14.5. The van der Waals surface area contributed by atoms with Crippen LogP contribution in [0, 0.1) is 6.92 Å². The van der Waals surface area contributed by atoms with Crippen LogP contribution in [0.3, 0.4) is 0 Å². The van der Waals surface area contributed by atoms with Gasteiger partial charge in [0.2, 0.25) is 0 Å². The van der Waals surface area contributed by atoms with Crippen molar-refractivity contribution >= 4 is 16.0 Å². The fraction of sp³-hybridized carbons (Fsp3) is 0.381. The lowest BCUT2D eigenvalue weighted by Crippen LogP contribution is -2.37. The van der Waals surface area contributed by atoms with Crippen molar-refractivity contribution in [2.24, 2.45) is 0 Å². The molecule has 0 aliphatic heterocycles. The van der Waals surface area contributed by atoms with Crippen molar-refractivity contribution in [1.82, 2.24) is 4.90 Å². The normalized spacial score (nSPS) is 12.4. The highest BCUT2D eigenvalue weighted by molar-refractivity contribution is 7.87. The molecule has 0 aromatic heterocycles. The Kier molecular flexibility index (Phi) is 7.02. The number of hydrogen-bond donors (Lipinski definition) is 0. The minimum Gasteiger partial charge on any atom is -0.382 e. The number of aryl methyl sites for hydroxylation is 1. The molecule has 0 saturated carbocycles. The molecule has 0 saturated heterocycles. The molecular formula is C21H27NO4S. The summed E-state index contributed by atoms with van der Waals surface area (Å²) < 4.78 is 28.1. The van der Waals surface area contributed by atoms with Gasteiger partial charge in [-0.05, 0) is 57.0 Å². The van der Waals surface area contributed by atoms with E-state index in [9.17, 15) is 13.2 Å². The molecule has 0 fully saturated rings. The molecule has 6 heteroatoms. The average molecular weight is 390 g/mol. The van der Waals surface area contributed by atoms with E-state index >= 15 is 0 Å². The highest BCUT2D eigenvalue weighted by Gasteiger charge is 2.21. The Labute approximate surface area is 162 Å². The highest BCUT2D eigenvalue weighted by Crippen LogP contribution is 2.19. The quantitative estimate of drug-likeness (QED) is 0.636. The molecule has 0 radical (unpaired) electrons.